The highest BCUT2D eigenvalue weighted by Gasteiger charge is 2.29. The van der Waals surface area contributed by atoms with Crippen molar-refractivity contribution in [3.63, 3.8) is 0 Å². The fourth-order valence-corrected chi connectivity index (χ4v) is 0.618. The molecule has 4 atom stereocenters. The molecule has 0 aromatic heterocycles. The zero-order valence-corrected chi connectivity index (χ0v) is 8.17. The normalized spacial score (nSPS) is 18.1. The van der Waals surface area contributed by atoms with Crippen LogP contribution in [-0.2, 0) is 4.79 Å². The fraction of sp³-hybridized carbons (Fsp3) is 0.833. The molecule has 0 bridgehead atoms. The molecule has 8 N–H and O–H groups in total. The van der Waals surface area contributed by atoms with Crippen LogP contribution in [0.1, 0.15) is 0 Å². The first-order chi connectivity index (χ1) is 5.54. The Kier molecular flexibility index (Phi) is 12.8. The van der Waals surface area contributed by atoms with Crippen LogP contribution in [0.2, 0.25) is 0 Å². The smallest absolute Gasteiger partial charge is 0.151 e. The van der Waals surface area contributed by atoms with Crippen LogP contribution < -0.4 is 6.15 Å². The summed E-state index contributed by atoms with van der Waals surface area (Å²) in [4.78, 5) is 9.90. The van der Waals surface area contributed by atoms with Crippen LogP contribution in [0.25, 0.3) is 0 Å². The predicted molar refractivity (Wildman–Crippen MR) is 49.4 cm³/mol. The lowest BCUT2D eigenvalue weighted by molar-refractivity contribution is -0.136. The van der Waals surface area contributed by atoms with E-state index in [4.69, 9.17) is 25.5 Å². The van der Waals surface area contributed by atoms with Crippen molar-refractivity contribution >= 4 is 18.7 Å². The summed E-state index contributed by atoms with van der Waals surface area (Å²) in [6, 6.07) is 0. The fourth-order valence-electron chi connectivity index (χ4n) is 0.618. The summed E-state index contributed by atoms with van der Waals surface area (Å²) >= 11 is 0. The summed E-state index contributed by atoms with van der Waals surface area (Å²) in [5, 5.41) is 43.5. The Bertz CT molecular complexity index is 148. The van der Waals surface area contributed by atoms with Gasteiger partial charge in [0.2, 0.25) is 0 Å². The van der Waals surface area contributed by atoms with Gasteiger partial charge in [-0.2, -0.15) is 0 Å². The van der Waals surface area contributed by atoms with Crippen molar-refractivity contribution in [2.75, 3.05) is 6.61 Å². The van der Waals surface area contributed by atoms with Crippen molar-refractivity contribution < 1.29 is 30.3 Å². The molecule has 14 heavy (non-hydrogen) atoms. The molecule has 0 radical (unpaired) electrons. The highest BCUT2D eigenvalue weighted by molar-refractivity contribution is 5.85. The minimum atomic E-state index is -1.79. The van der Waals surface area contributed by atoms with Crippen LogP contribution in [0.3, 0.4) is 0 Å². The molecule has 0 aromatic rings. The van der Waals surface area contributed by atoms with Gasteiger partial charge in [-0.05, 0) is 0 Å². The van der Waals surface area contributed by atoms with Crippen LogP contribution in [0.5, 0.6) is 0 Å². The van der Waals surface area contributed by atoms with Gasteiger partial charge in [0.25, 0.3) is 0 Å². The molecular weight excluding hydrogens is 218 g/mol. The van der Waals surface area contributed by atoms with Crippen LogP contribution in [0.15, 0.2) is 0 Å². The second-order valence-electron chi connectivity index (χ2n) is 2.36. The molecular formula is C6H16ClNO6. The zero-order valence-electron chi connectivity index (χ0n) is 7.35. The van der Waals surface area contributed by atoms with Gasteiger partial charge in [-0.15, -0.1) is 12.4 Å². The quantitative estimate of drug-likeness (QED) is 0.281. The summed E-state index contributed by atoms with van der Waals surface area (Å²) in [6.07, 6.45) is -6.84. The van der Waals surface area contributed by atoms with Crippen LogP contribution >= 0.6 is 12.4 Å². The molecule has 0 spiro atoms. The molecule has 88 valence electrons. The van der Waals surface area contributed by atoms with Crippen molar-refractivity contribution in [3.8, 4) is 0 Å². The Morgan fingerprint density at radius 1 is 1.07 bits per heavy atom. The Morgan fingerprint density at radius 3 is 1.79 bits per heavy atom. The van der Waals surface area contributed by atoms with E-state index < -0.39 is 31.0 Å². The molecule has 0 aliphatic carbocycles. The molecule has 0 aliphatic rings. The highest BCUT2D eigenvalue weighted by atomic mass is 35.5. The van der Waals surface area contributed by atoms with E-state index in [1.165, 1.54) is 0 Å². The van der Waals surface area contributed by atoms with Gasteiger partial charge in [-0.1, -0.05) is 0 Å². The predicted octanol–water partition coefficient (Wildman–Crippen LogP) is -2.80. The minimum Gasteiger partial charge on any atom is -0.394 e. The molecule has 0 amide bonds. The number of aliphatic hydroxyl groups is 5. The SMILES string of the molecule is Cl.N.O=C[C@@H](O)[C@@H](O)[C@H](O)[C@H](O)CO. The largest absolute Gasteiger partial charge is 0.394 e. The molecule has 0 rings (SSSR count). The lowest BCUT2D eigenvalue weighted by atomic mass is 10.0. The summed E-state index contributed by atoms with van der Waals surface area (Å²) in [7, 11) is 0. The Labute approximate surface area is 87.0 Å². The second kappa shape index (κ2) is 9.28. The molecule has 0 fully saturated rings. The molecule has 8 heteroatoms. The summed E-state index contributed by atoms with van der Waals surface area (Å²) in [6.45, 7) is -0.760. The van der Waals surface area contributed by atoms with Crippen LogP contribution in [0.4, 0.5) is 0 Å². The summed E-state index contributed by atoms with van der Waals surface area (Å²) in [5.41, 5.74) is 0. The van der Waals surface area contributed by atoms with E-state index in [1.54, 1.807) is 0 Å². The van der Waals surface area contributed by atoms with Crippen molar-refractivity contribution in [2.24, 2.45) is 0 Å². The van der Waals surface area contributed by atoms with Crippen molar-refractivity contribution in [3.05, 3.63) is 0 Å². The molecule has 0 heterocycles. The molecule has 0 unspecified atom stereocenters. The van der Waals surface area contributed by atoms with Crippen LogP contribution in [-0.4, -0.2) is 62.8 Å². The van der Waals surface area contributed by atoms with Gasteiger partial charge in [0.15, 0.2) is 6.29 Å². The van der Waals surface area contributed by atoms with Crippen molar-refractivity contribution in [1.82, 2.24) is 6.15 Å². The Morgan fingerprint density at radius 2 is 1.50 bits per heavy atom. The minimum absolute atomic E-state index is 0. The maximum absolute atomic E-state index is 9.90. The highest BCUT2D eigenvalue weighted by Crippen LogP contribution is 2.02. The average molecular weight is 234 g/mol. The van der Waals surface area contributed by atoms with Crippen molar-refractivity contribution in [2.45, 2.75) is 24.4 Å². The van der Waals surface area contributed by atoms with E-state index in [2.05, 4.69) is 0 Å². The first-order valence-corrected chi connectivity index (χ1v) is 3.33. The third kappa shape index (κ3) is 5.45. The molecule has 0 aromatic carbocycles. The van der Waals surface area contributed by atoms with E-state index in [0.717, 1.165) is 0 Å². The van der Waals surface area contributed by atoms with Gasteiger partial charge < -0.3 is 36.5 Å². The number of hydrogen-bond acceptors (Lipinski definition) is 7. The first kappa shape index (κ1) is 19.3. The number of aldehydes is 1. The third-order valence-corrected chi connectivity index (χ3v) is 1.42. The maximum Gasteiger partial charge on any atom is 0.151 e. The van der Waals surface area contributed by atoms with E-state index in [1.807, 2.05) is 0 Å². The number of halogens is 1. The van der Waals surface area contributed by atoms with Gasteiger partial charge in [-0.3, -0.25) is 0 Å². The average Bonchev–Trinajstić information content (AvgIpc) is 2.12. The standard InChI is InChI=1S/C6H12O6.ClH.H3N/c7-1-3(9)5(11)6(12)4(10)2-8;;/h1,3-6,8-12H,2H2;1H;1H3/t3-,4-,5-,6-;;/m1../s1. The van der Waals surface area contributed by atoms with E-state index >= 15 is 0 Å². The molecule has 0 aliphatic heterocycles. The molecule has 0 saturated carbocycles. The third-order valence-electron chi connectivity index (χ3n) is 1.42. The monoisotopic (exact) mass is 233 g/mol. The van der Waals surface area contributed by atoms with Crippen molar-refractivity contribution in [1.29, 1.82) is 0 Å². The first-order valence-electron chi connectivity index (χ1n) is 3.33. The topological polar surface area (TPSA) is 153 Å². The Balaban J connectivity index is -0.000000605. The zero-order chi connectivity index (χ0) is 9.72. The Hall–Kier alpha value is -0.280. The van der Waals surface area contributed by atoms with E-state index in [0.29, 0.717) is 0 Å². The lowest BCUT2D eigenvalue weighted by Crippen LogP contribution is -2.46. The number of carbonyl (C=O) groups is 1. The van der Waals surface area contributed by atoms with Crippen LogP contribution in [0, 0.1) is 0 Å². The van der Waals surface area contributed by atoms with E-state index in [9.17, 15) is 4.79 Å². The molecule has 0 saturated heterocycles. The van der Waals surface area contributed by atoms with Gasteiger partial charge in [-0.25, -0.2) is 0 Å². The molecule has 7 nitrogen and oxygen atoms in total. The number of carbonyl (C=O) groups excluding carboxylic acids is 1. The van der Waals surface area contributed by atoms with Gasteiger partial charge in [0.1, 0.15) is 24.4 Å². The maximum atomic E-state index is 9.90. The number of hydrogen-bond donors (Lipinski definition) is 6. The van der Waals surface area contributed by atoms with E-state index in [-0.39, 0.29) is 24.8 Å². The summed E-state index contributed by atoms with van der Waals surface area (Å²) < 4.78 is 0. The van der Waals surface area contributed by atoms with Gasteiger partial charge >= 0.3 is 0 Å². The number of rotatable bonds is 5. The van der Waals surface area contributed by atoms with Gasteiger partial charge in [0.05, 0.1) is 6.61 Å². The lowest BCUT2D eigenvalue weighted by Gasteiger charge is -2.22. The summed E-state index contributed by atoms with van der Waals surface area (Å²) in [5.74, 6) is 0. The second-order valence-corrected chi connectivity index (χ2v) is 2.36. The number of aliphatic hydroxyl groups excluding tert-OH is 5. The van der Waals surface area contributed by atoms with Gasteiger partial charge in [0, 0.05) is 0 Å².